The molecule has 0 amide bonds. The molecule has 0 bridgehead atoms. The lowest BCUT2D eigenvalue weighted by Gasteiger charge is -2.15. The van der Waals surface area contributed by atoms with Crippen LogP contribution in [0.4, 0.5) is 5.69 Å². The summed E-state index contributed by atoms with van der Waals surface area (Å²) in [6.45, 7) is 14.1. The molecule has 5 N–H and O–H groups in total. The van der Waals surface area contributed by atoms with Crippen LogP contribution in [0.1, 0.15) is 218 Å². The Morgan fingerprint density at radius 3 is 1.22 bits per heavy atom. The van der Waals surface area contributed by atoms with E-state index in [9.17, 15) is 58.1 Å². The van der Waals surface area contributed by atoms with Crippen molar-refractivity contribution < 1.29 is 52.9 Å². The van der Waals surface area contributed by atoms with Gasteiger partial charge in [-0.2, -0.15) is 0 Å². The van der Waals surface area contributed by atoms with Crippen molar-refractivity contribution in [3.05, 3.63) is 246 Å². The average Bonchev–Trinajstić information content (AvgIpc) is 1.47. The van der Waals surface area contributed by atoms with Gasteiger partial charge in [-0.3, -0.25) is 58.1 Å². The van der Waals surface area contributed by atoms with Gasteiger partial charge in [-0.15, -0.1) is 0 Å². The third kappa shape index (κ3) is 12.4. The van der Waals surface area contributed by atoms with Crippen LogP contribution >= 0.6 is 11.6 Å². The summed E-state index contributed by atoms with van der Waals surface area (Å²) in [6, 6.07) is 40.1. The molecule has 100 heavy (non-hydrogen) atoms. The normalized spacial score (nSPS) is 14.2. The fourth-order valence-corrected chi connectivity index (χ4v) is 12.3. The number of rotatable bonds is 7. The number of benzene rings is 6. The zero-order valence-electron chi connectivity index (χ0n) is 54.8. The molecule has 6 aromatic carbocycles. The van der Waals surface area contributed by atoms with Crippen molar-refractivity contribution in [3.8, 4) is 56.3 Å². The van der Waals surface area contributed by atoms with E-state index in [4.69, 9.17) is 11.6 Å². The largest absolute Gasteiger partial charge is 0.339 e. The highest BCUT2D eigenvalue weighted by Crippen LogP contribution is 2.43. The first kappa shape index (κ1) is 66.4. The molecule has 0 atom stereocenters. The van der Waals surface area contributed by atoms with Gasteiger partial charge >= 0.3 is 0 Å². The van der Waals surface area contributed by atoms with Gasteiger partial charge < -0.3 is 24.9 Å². The van der Waals surface area contributed by atoms with Crippen LogP contribution in [0.5, 0.6) is 0 Å². The van der Waals surface area contributed by atoms with E-state index in [1.807, 2.05) is 94.4 Å². The maximum atomic E-state index is 12.2. The van der Waals surface area contributed by atoms with Gasteiger partial charge in [-0.25, -0.2) is 24.9 Å². The number of nitro groups is 1. The molecule has 11 aromatic rings. The number of non-ortho nitro benzene ring substituents is 1. The van der Waals surface area contributed by atoms with Gasteiger partial charge in [0.2, 0.25) is 28.9 Å². The molecular formula is C76H60ClN11O12. The lowest BCUT2D eigenvalue weighted by Crippen LogP contribution is -2.21. The molecule has 6 aliphatic carbocycles. The van der Waals surface area contributed by atoms with Crippen molar-refractivity contribution >= 4 is 75.1 Å². The topological polar surface area (TPSA) is 357 Å². The monoisotopic (exact) mass is 1350 g/mol. The van der Waals surface area contributed by atoms with E-state index >= 15 is 0 Å². The highest BCUT2D eigenvalue weighted by Gasteiger charge is 2.40. The first-order valence-corrected chi connectivity index (χ1v) is 32.5. The summed E-state index contributed by atoms with van der Waals surface area (Å²) in [4.78, 5) is 168. The lowest BCUT2D eigenvalue weighted by atomic mass is 9.90. The Kier molecular flexibility index (Phi) is 17.2. The number of ketones is 10. The number of H-pyrrole nitrogens is 5. The fraction of sp³-hybridized carbons (Fsp3) is 0.197. The maximum Gasteiger partial charge on any atom is 0.270 e. The van der Waals surface area contributed by atoms with E-state index in [1.165, 1.54) is 18.2 Å². The number of aromatic nitrogens is 10. The molecule has 0 aliphatic heterocycles. The van der Waals surface area contributed by atoms with Crippen molar-refractivity contribution in [1.82, 2.24) is 49.8 Å². The minimum absolute atomic E-state index is 0.0310. The quantitative estimate of drug-likeness (QED) is 0.0562. The molecule has 24 heteroatoms. The van der Waals surface area contributed by atoms with E-state index in [0.29, 0.717) is 114 Å². The molecule has 5 heterocycles. The first-order valence-electron chi connectivity index (χ1n) is 32.1. The molecule has 0 radical (unpaired) electrons. The van der Waals surface area contributed by atoms with Crippen LogP contribution in [0, 0.1) is 15.5 Å². The second-order valence-electron chi connectivity index (χ2n) is 26.4. The molecule has 0 spiro atoms. The second-order valence-corrected chi connectivity index (χ2v) is 26.9. The minimum atomic E-state index is -0.750. The van der Waals surface area contributed by atoms with Crippen LogP contribution in [0.25, 0.3) is 56.3 Å². The van der Waals surface area contributed by atoms with E-state index in [-0.39, 0.29) is 39.9 Å². The molecule has 23 nitrogen and oxygen atoms in total. The summed E-state index contributed by atoms with van der Waals surface area (Å²) < 4.78 is 0. The SMILES string of the molecule is CC(C)(C)Cc1nc2c([nH]1)C(=O)C(=O)c1ccccc1-2.CC(C)c1nc2c([nH]1)C(=O)C(=O)c1cc(Cl)ccc1-2.CC(C)c1nc2c([nH]1)C(=O)C(=O)c1cc([N+](=O)[O-])ccc1-2.O=C1C(=O)c2[nH]c(C3CC3)nc2-c2ccccc21.O=C1C(=O)c2[nH]c(Cc3ccccc3)nc2-c2ccccc21. The van der Waals surface area contributed by atoms with Gasteiger partial charge in [0.25, 0.3) is 34.6 Å². The van der Waals surface area contributed by atoms with Crippen LogP contribution in [0.15, 0.2) is 140 Å². The zero-order chi connectivity index (χ0) is 70.9. The minimum Gasteiger partial charge on any atom is -0.339 e. The van der Waals surface area contributed by atoms with E-state index in [1.54, 1.807) is 48.5 Å². The second kappa shape index (κ2) is 26.0. The zero-order valence-corrected chi connectivity index (χ0v) is 55.6. The van der Waals surface area contributed by atoms with Crippen molar-refractivity contribution in [2.75, 3.05) is 0 Å². The maximum absolute atomic E-state index is 12.2. The van der Waals surface area contributed by atoms with Crippen molar-refractivity contribution in [2.24, 2.45) is 5.41 Å². The first-order chi connectivity index (χ1) is 47.7. The summed E-state index contributed by atoms with van der Waals surface area (Å²) in [6.07, 6.45) is 3.54. The fourth-order valence-electron chi connectivity index (χ4n) is 12.2. The van der Waals surface area contributed by atoms with Crippen molar-refractivity contribution in [1.29, 1.82) is 0 Å². The van der Waals surface area contributed by atoms with Crippen LogP contribution in [-0.4, -0.2) is 113 Å². The Morgan fingerprint density at radius 1 is 0.420 bits per heavy atom. The number of nitrogens with zero attached hydrogens (tertiary/aromatic N) is 6. The molecule has 6 aliphatic rings. The summed E-state index contributed by atoms with van der Waals surface area (Å²) in [5.74, 6) is -1.15. The average molecular weight is 1350 g/mol. The number of fused-ring (bicyclic) bond motifs is 15. The molecule has 0 saturated heterocycles. The van der Waals surface area contributed by atoms with Gasteiger partial charge in [0.15, 0.2) is 0 Å². The number of nitro benzene ring substituents is 1. The molecule has 17 rings (SSSR count). The number of imidazole rings is 5. The van der Waals surface area contributed by atoms with Gasteiger partial charge in [-0.1, -0.05) is 169 Å². The van der Waals surface area contributed by atoms with Crippen LogP contribution in [-0.2, 0) is 12.8 Å². The summed E-state index contributed by atoms with van der Waals surface area (Å²) in [5.41, 5.74) is 10.1. The molecular weight excluding hydrogens is 1290 g/mol. The Bertz CT molecular complexity index is 5360. The lowest BCUT2D eigenvalue weighted by molar-refractivity contribution is -0.384. The number of Topliss-reactive ketones (excluding diaryl/α,β-unsaturated/α-hetero) is 10. The highest BCUT2D eigenvalue weighted by atomic mass is 35.5. The van der Waals surface area contributed by atoms with Crippen LogP contribution in [0.3, 0.4) is 0 Å². The van der Waals surface area contributed by atoms with Crippen LogP contribution in [0.2, 0.25) is 5.02 Å². The summed E-state index contributed by atoms with van der Waals surface area (Å²) in [5, 5.41) is 11.2. The molecule has 1 fully saturated rings. The van der Waals surface area contributed by atoms with Gasteiger partial charge in [-0.05, 0) is 42.0 Å². The predicted molar refractivity (Wildman–Crippen MR) is 368 cm³/mol. The molecule has 0 unspecified atom stereocenters. The van der Waals surface area contributed by atoms with Crippen molar-refractivity contribution in [3.63, 3.8) is 0 Å². The Balaban J connectivity index is 0.000000112. The smallest absolute Gasteiger partial charge is 0.270 e. The van der Waals surface area contributed by atoms with Crippen LogP contribution < -0.4 is 0 Å². The molecule has 1 saturated carbocycles. The molecule has 5 aromatic heterocycles. The highest BCUT2D eigenvalue weighted by molar-refractivity contribution is 6.55. The standard InChI is InChI=1S/C18H12N2O2.C16H16N2O2.C14H11ClN2O2.C14H11N3O4.C14H10N2O2/c21-17-13-9-5-4-8-12(13)15-16(18(17)22)20-14(19-15)10-11-6-2-1-3-7-11;1-16(2,3)8-11-17-12-9-6-4-5-7-10(9)14(19)15(20)13(12)18-11;1-6(2)14-16-10-8-4-3-7(15)5-9(8)12(18)13(19)11(10)17-14;1-6(2)14-15-10-8-4-3-7(17(20)21)5-9(8)12(18)13(19)11(10)16-14;17-12-9-4-2-1-3-8(9)10-11(13(12)18)16-14(15-10)7-5-6-7/h1-9H,10H2,(H,19,20);4-7H,8H2,1-3H3,(H,17,18);3-6H,1-2H3,(H,16,17);3-6H,1-2H3,(H,15,16);1-4,7H,5-6H2,(H,15,16). The summed E-state index contributed by atoms with van der Waals surface area (Å²) in [7, 11) is 0. The van der Waals surface area contributed by atoms with E-state index in [0.717, 1.165) is 59.2 Å². The van der Waals surface area contributed by atoms with E-state index < -0.39 is 62.8 Å². The third-order valence-electron chi connectivity index (χ3n) is 17.3. The van der Waals surface area contributed by atoms with Crippen molar-refractivity contribution in [2.45, 2.75) is 91.9 Å². The number of carbonyl (C=O) groups is 10. The number of nitrogens with one attached hydrogen (secondary N) is 5. The van der Waals surface area contributed by atoms with Gasteiger partial charge in [0.1, 0.15) is 86.1 Å². The number of aromatic amines is 5. The third-order valence-corrected chi connectivity index (χ3v) is 17.5. The number of hydrogen-bond donors (Lipinski definition) is 5. The number of hydrogen-bond acceptors (Lipinski definition) is 17. The summed E-state index contributed by atoms with van der Waals surface area (Å²) >= 11 is 5.88. The number of carbonyl (C=O) groups excluding carboxylic acids is 10. The predicted octanol–water partition coefficient (Wildman–Crippen LogP) is 14.1. The Morgan fingerprint density at radius 2 is 0.780 bits per heavy atom. The number of halogens is 1. The van der Waals surface area contributed by atoms with E-state index in [2.05, 4.69) is 70.6 Å². The Labute approximate surface area is 574 Å². The van der Waals surface area contributed by atoms with Gasteiger partial charge in [0.05, 0.1) is 4.92 Å². The Hall–Kier alpha value is -12.2. The molecule has 498 valence electrons. The van der Waals surface area contributed by atoms with Gasteiger partial charge in [0, 0.05) is 103 Å².